The molecule has 0 saturated heterocycles. The van der Waals surface area contributed by atoms with E-state index in [-0.39, 0.29) is 90.1 Å². The highest BCUT2D eigenvalue weighted by Gasteiger charge is 2.30. The molecule has 19 nitrogen and oxygen atoms in total. The highest BCUT2D eigenvalue weighted by Crippen LogP contribution is 2.50. The van der Waals surface area contributed by atoms with Crippen molar-refractivity contribution >= 4 is 33.6 Å². The summed E-state index contributed by atoms with van der Waals surface area (Å²) in [5.41, 5.74) is 12.6. The maximum Gasteiger partial charge on any atom is 0.475 e. The number of unbranched alkanes of at least 4 members (excludes halogenated alkanes) is 16. The molecule has 0 aromatic carbocycles. The van der Waals surface area contributed by atoms with Gasteiger partial charge in [-0.15, -0.1) is 13.2 Å². The Morgan fingerprint density at radius 1 is 0.488 bits per heavy atom. The summed E-state index contributed by atoms with van der Waals surface area (Å²) in [6, 6.07) is -1.95. The zero-order valence-electron chi connectivity index (χ0n) is 51.2. The predicted octanol–water partition coefficient (Wildman–Crippen LogP) is 14.0. The Morgan fingerprint density at radius 3 is 1.20 bits per heavy atom. The number of carbonyl (C=O) groups excluding carboxylic acids is 3. The van der Waals surface area contributed by atoms with Gasteiger partial charge in [-0.1, -0.05) is 193 Å². The lowest BCUT2D eigenvalue weighted by molar-refractivity contribution is -0.152. The molecule has 2 rings (SSSR count). The van der Waals surface area contributed by atoms with Gasteiger partial charge in [0.25, 0.3) is 0 Å². The summed E-state index contributed by atoms with van der Waals surface area (Å²) in [6.45, 7) is 11.3. The summed E-state index contributed by atoms with van der Waals surface area (Å²) >= 11 is 0. The zero-order valence-corrected chi connectivity index (χ0v) is 53.0. The van der Waals surface area contributed by atoms with Crippen LogP contribution in [0.25, 0.3) is 0 Å². The lowest BCUT2D eigenvalue weighted by atomic mass is 9.85. The lowest BCUT2D eigenvalue weighted by Gasteiger charge is -2.27. The summed E-state index contributed by atoms with van der Waals surface area (Å²) in [7, 11) is -8.24. The Balaban J connectivity index is 1.70. The van der Waals surface area contributed by atoms with Crippen molar-refractivity contribution < 1.29 is 69.6 Å². The van der Waals surface area contributed by atoms with Crippen LogP contribution in [0.15, 0.2) is 25.3 Å². The number of carbonyl (C=O) groups is 3. The van der Waals surface area contributed by atoms with Gasteiger partial charge in [-0.3, -0.25) is 36.7 Å². The van der Waals surface area contributed by atoms with Crippen LogP contribution < -0.4 is 22.1 Å². The first-order chi connectivity index (χ1) is 39.8. The van der Waals surface area contributed by atoms with Crippen LogP contribution in [0.3, 0.4) is 0 Å². The van der Waals surface area contributed by atoms with Crippen molar-refractivity contribution in [3.63, 3.8) is 0 Å². The fourth-order valence-corrected chi connectivity index (χ4v) is 12.7. The first kappa shape index (κ1) is 75.8. The number of hydrogen-bond acceptors (Lipinski definition) is 17. The Kier molecular flexibility index (Phi) is 47.0. The second-order valence-electron chi connectivity index (χ2n) is 22.6. The summed E-state index contributed by atoms with van der Waals surface area (Å²) in [4.78, 5) is 38.3. The Morgan fingerprint density at radius 2 is 0.841 bits per heavy atom. The van der Waals surface area contributed by atoms with Crippen molar-refractivity contribution in [2.45, 2.75) is 256 Å². The van der Waals surface area contributed by atoms with E-state index in [4.69, 9.17) is 57.6 Å². The summed E-state index contributed by atoms with van der Waals surface area (Å²) in [5, 5.41) is 5.15. The Bertz CT molecular complexity index is 1590. The van der Waals surface area contributed by atoms with Crippen molar-refractivity contribution in [1.29, 1.82) is 0 Å². The number of ether oxygens (including phenoxy) is 4. The van der Waals surface area contributed by atoms with Crippen LogP contribution >= 0.6 is 15.6 Å². The van der Waals surface area contributed by atoms with Crippen molar-refractivity contribution in [1.82, 2.24) is 10.6 Å². The molecule has 0 aliphatic heterocycles. The average molecular weight is 1210 g/mol. The number of rotatable bonds is 56. The van der Waals surface area contributed by atoms with E-state index in [1.165, 1.54) is 128 Å². The van der Waals surface area contributed by atoms with E-state index in [0.717, 1.165) is 77.0 Å². The molecule has 0 bridgehead atoms. The van der Waals surface area contributed by atoms with E-state index in [1.54, 1.807) is 0 Å². The van der Waals surface area contributed by atoms with Crippen LogP contribution in [0.4, 0.5) is 4.79 Å². The molecule has 2 aliphatic carbocycles. The first-order valence-electron chi connectivity index (χ1n) is 32.2. The van der Waals surface area contributed by atoms with E-state index in [1.807, 2.05) is 0 Å². The van der Waals surface area contributed by atoms with Gasteiger partial charge < -0.3 is 41.0 Å². The maximum atomic E-state index is 13.4. The van der Waals surface area contributed by atoms with Crippen molar-refractivity contribution in [2.24, 2.45) is 23.3 Å². The minimum absolute atomic E-state index is 0.0752. The normalized spacial score (nSPS) is 17.2. The molecule has 0 spiro atoms. The van der Waals surface area contributed by atoms with Crippen LogP contribution in [0.1, 0.15) is 232 Å². The van der Waals surface area contributed by atoms with E-state index in [0.29, 0.717) is 50.7 Å². The molecule has 2 fully saturated rings. The van der Waals surface area contributed by atoms with Crippen molar-refractivity contribution in [3.8, 4) is 0 Å². The van der Waals surface area contributed by atoms with Crippen LogP contribution in [0.2, 0.25) is 0 Å². The van der Waals surface area contributed by atoms with Gasteiger partial charge in [0.2, 0.25) is 0 Å². The predicted molar refractivity (Wildman–Crippen MR) is 325 cm³/mol. The largest absolute Gasteiger partial charge is 0.475 e. The first-order valence-corrected chi connectivity index (χ1v) is 35.1. The molecule has 480 valence electrons. The van der Waals surface area contributed by atoms with Crippen LogP contribution in [-0.2, 0) is 64.8 Å². The molecule has 82 heavy (non-hydrogen) atoms. The van der Waals surface area contributed by atoms with Crippen LogP contribution in [0, 0.1) is 11.8 Å². The standard InChI is InChI=1S/C61H116N4O15P2/c1-5-9-11-13-15-17-19-21-29-35-59(66)79-57(47-53-31-25-23-26-32-53)37-43-71-49-55(62)51-77-81(69,73-41-7-3)75-45-39-64-61(68)65-40-46-76-82(70,74-42-8-4)78-52-56(63)50-72-44-38-58(48-54-33-27-24-28-34-54)80-60(67)36-30-22-20-18-16-14-12-10-6-2/h7-8,53-58H,3-6,9-52,62-63H2,1-2H3,(H2,64,65,68). The van der Waals surface area contributed by atoms with Crippen LogP contribution in [0.5, 0.6) is 0 Å². The Hall–Kier alpha value is -2.25. The van der Waals surface area contributed by atoms with Gasteiger partial charge in [-0.2, -0.15) is 0 Å². The monoisotopic (exact) mass is 1210 g/mol. The van der Waals surface area contributed by atoms with E-state index >= 15 is 0 Å². The zero-order chi connectivity index (χ0) is 59.6. The highest BCUT2D eigenvalue weighted by molar-refractivity contribution is 7.48. The summed E-state index contributed by atoms with van der Waals surface area (Å²) in [5.74, 6) is 0.789. The smallest absolute Gasteiger partial charge is 0.462 e. The van der Waals surface area contributed by atoms with Crippen molar-refractivity contribution in [2.75, 3.05) is 79.2 Å². The molecule has 6 atom stereocenters. The average Bonchev–Trinajstić information content (AvgIpc) is 3.47. The number of urea groups is 1. The molecule has 2 saturated carbocycles. The van der Waals surface area contributed by atoms with Gasteiger partial charge in [-0.05, 0) is 37.5 Å². The number of amides is 2. The number of esters is 2. The molecule has 0 aromatic heterocycles. The molecule has 2 aliphatic rings. The molecule has 0 heterocycles. The third kappa shape index (κ3) is 42.5. The molecule has 0 aromatic rings. The highest BCUT2D eigenvalue weighted by atomic mass is 31.2. The topological polar surface area (TPSA) is 254 Å². The minimum atomic E-state index is -4.12. The van der Waals surface area contributed by atoms with Gasteiger partial charge in [0.1, 0.15) is 12.2 Å². The molecular formula is C61H116N4O15P2. The SMILES string of the molecule is C=CCOP(=O)(OCCNC(=O)NCCOP(=O)(OCC=C)OCC(N)COCCC(CC1CCCCC1)OC(=O)CCCCCCCCCCC)OCC(N)COCCC(CC1CCCCC1)OC(=O)CCCCCCCCCCC. The molecule has 0 radical (unpaired) electrons. The van der Waals surface area contributed by atoms with Gasteiger partial charge in [-0.25, -0.2) is 13.9 Å². The van der Waals surface area contributed by atoms with Crippen molar-refractivity contribution in [3.05, 3.63) is 25.3 Å². The fraction of sp³-hybridized carbons (Fsp3) is 0.885. The summed E-state index contributed by atoms with van der Waals surface area (Å²) < 4.78 is 83.4. The number of nitrogens with one attached hydrogen (secondary N) is 2. The van der Waals surface area contributed by atoms with E-state index in [2.05, 4.69) is 37.6 Å². The van der Waals surface area contributed by atoms with E-state index in [9.17, 15) is 23.5 Å². The molecule has 6 unspecified atom stereocenters. The van der Waals surface area contributed by atoms with Crippen LogP contribution in [-0.4, -0.2) is 121 Å². The fourth-order valence-electron chi connectivity index (χ4n) is 10.3. The maximum absolute atomic E-state index is 13.4. The van der Waals surface area contributed by atoms with Gasteiger partial charge in [0.05, 0.1) is 78.2 Å². The third-order valence-corrected chi connectivity index (χ3v) is 17.8. The van der Waals surface area contributed by atoms with E-state index < -0.39 is 33.8 Å². The summed E-state index contributed by atoms with van der Waals surface area (Å²) in [6.07, 6.45) is 39.3. The number of phosphoric ester groups is 2. The van der Waals surface area contributed by atoms with Gasteiger partial charge in [0.15, 0.2) is 0 Å². The molecule has 2 amide bonds. The van der Waals surface area contributed by atoms with Gasteiger partial charge >= 0.3 is 33.6 Å². The number of hydrogen-bond donors (Lipinski definition) is 4. The number of nitrogens with two attached hydrogens (primary N) is 2. The third-order valence-electron chi connectivity index (χ3n) is 14.9. The second kappa shape index (κ2) is 50.9. The Labute approximate surface area is 496 Å². The molecular weight excluding hydrogens is 1090 g/mol. The van der Waals surface area contributed by atoms with Gasteiger partial charge in [0, 0.05) is 38.8 Å². The quantitative estimate of drug-likeness (QED) is 0.0191. The second-order valence-corrected chi connectivity index (χ2v) is 25.9. The molecule has 6 N–H and O–H groups in total. The minimum Gasteiger partial charge on any atom is -0.462 e. The number of phosphoric acid groups is 2. The molecule has 21 heteroatoms. The lowest BCUT2D eigenvalue weighted by Crippen LogP contribution is -2.38.